The first-order chi connectivity index (χ1) is 13.4. The molecule has 2 aromatic carbocycles. The molecule has 0 spiro atoms. The number of halogens is 1. The van der Waals surface area contributed by atoms with E-state index >= 15 is 0 Å². The number of hydrogen-bond donors (Lipinski definition) is 2. The summed E-state index contributed by atoms with van der Waals surface area (Å²) in [5.41, 5.74) is 1.61. The van der Waals surface area contributed by atoms with Crippen LogP contribution in [0.2, 0.25) is 5.02 Å². The zero-order valence-corrected chi connectivity index (χ0v) is 17.1. The first kappa shape index (κ1) is 21.7. The van der Waals surface area contributed by atoms with E-state index in [9.17, 15) is 9.59 Å². The van der Waals surface area contributed by atoms with E-state index in [0.29, 0.717) is 17.3 Å². The van der Waals surface area contributed by atoms with Crippen molar-refractivity contribution in [2.45, 2.75) is 19.9 Å². The van der Waals surface area contributed by atoms with Crippen molar-refractivity contribution in [3.63, 3.8) is 0 Å². The molecule has 2 aromatic rings. The highest BCUT2D eigenvalue weighted by atomic mass is 35.5. The van der Waals surface area contributed by atoms with E-state index in [1.165, 1.54) is 0 Å². The van der Waals surface area contributed by atoms with E-state index in [0.717, 1.165) is 11.3 Å². The second-order valence-corrected chi connectivity index (χ2v) is 6.86. The van der Waals surface area contributed by atoms with Crippen LogP contribution in [0.3, 0.4) is 0 Å². The molecule has 2 N–H and O–H groups in total. The Bertz CT molecular complexity index is 796. The lowest BCUT2D eigenvalue weighted by Crippen LogP contribution is -2.41. The molecule has 0 unspecified atom stereocenters. The molecule has 0 aliphatic carbocycles. The van der Waals surface area contributed by atoms with Crippen LogP contribution < -0.4 is 15.4 Å². The Morgan fingerprint density at radius 3 is 2.39 bits per heavy atom. The highest BCUT2D eigenvalue weighted by Gasteiger charge is 2.16. The zero-order valence-electron chi connectivity index (χ0n) is 16.4. The van der Waals surface area contributed by atoms with Gasteiger partial charge in [0.25, 0.3) is 0 Å². The van der Waals surface area contributed by atoms with Gasteiger partial charge in [-0.15, -0.1) is 0 Å². The fourth-order valence-corrected chi connectivity index (χ4v) is 2.91. The van der Waals surface area contributed by atoms with Gasteiger partial charge in [-0.1, -0.05) is 30.7 Å². The lowest BCUT2D eigenvalue weighted by molar-refractivity contribution is -0.123. The van der Waals surface area contributed by atoms with Gasteiger partial charge in [0.1, 0.15) is 5.75 Å². The molecule has 0 fully saturated rings. The largest absolute Gasteiger partial charge is 0.497 e. The first-order valence-corrected chi connectivity index (χ1v) is 9.50. The number of amides is 2. The molecule has 0 saturated carbocycles. The average molecular weight is 404 g/mol. The number of hydrogen-bond acceptors (Lipinski definition) is 4. The van der Waals surface area contributed by atoms with E-state index in [1.54, 1.807) is 42.3 Å². The average Bonchev–Trinajstić information content (AvgIpc) is 2.67. The van der Waals surface area contributed by atoms with Crippen molar-refractivity contribution in [3.8, 4) is 5.75 Å². The minimum atomic E-state index is -0.178. The second kappa shape index (κ2) is 10.7. The highest BCUT2D eigenvalue weighted by molar-refractivity contribution is 6.30. The first-order valence-electron chi connectivity index (χ1n) is 9.12. The van der Waals surface area contributed by atoms with Crippen LogP contribution >= 0.6 is 11.6 Å². The number of nitrogens with zero attached hydrogens (tertiary/aromatic N) is 1. The Morgan fingerprint density at radius 1 is 1.11 bits per heavy atom. The molecule has 0 saturated heterocycles. The van der Waals surface area contributed by atoms with Crippen LogP contribution in [0.5, 0.6) is 5.75 Å². The van der Waals surface area contributed by atoms with Crippen LogP contribution in [0, 0.1) is 0 Å². The number of ether oxygens (including phenoxy) is 1. The van der Waals surface area contributed by atoms with Gasteiger partial charge in [-0.05, 0) is 55.4 Å². The molecule has 1 atom stereocenters. The molecule has 0 aliphatic heterocycles. The maximum atomic E-state index is 12.4. The van der Waals surface area contributed by atoms with Crippen LogP contribution in [-0.2, 0) is 9.59 Å². The summed E-state index contributed by atoms with van der Waals surface area (Å²) in [6.45, 7) is 4.65. The van der Waals surface area contributed by atoms with Gasteiger partial charge in [-0.2, -0.15) is 0 Å². The molecule has 0 bridgehead atoms. The Hall–Kier alpha value is -2.57. The van der Waals surface area contributed by atoms with Crippen molar-refractivity contribution in [3.05, 3.63) is 59.1 Å². The maximum absolute atomic E-state index is 12.4. The van der Waals surface area contributed by atoms with Gasteiger partial charge in [-0.25, -0.2) is 0 Å². The predicted octanol–water partition coefficient (Wildman–Crippen LogP) is 3.49. The van der Waals surface area contributed by atoms with Crippen LogP contribution in [0.15, 0.2) is 48.5 Å². The molecule has 28 heavy (non-hydrogen) atoms. The van der Waals surface area contributed by atoms with E-state index in [4.69, 9.17) is 16.3 Å². The normalized spacial score (nSPS) is 11.8. The van der Waals surface area contributed by atoms with Crippen molar-refractivity contribution >= 4 is 29.1 Å². The number of nitrogens with one attached hydrogen (secondary N) is 2. The van der Waals surface area contributed by atoms with Gasteiger partial charge in [0, 0.05) is 10.7 Å². The molecule has 7 heteroatoms. The van der Waals surface area contributed by atoms with Gasteiger partial charge in [0.2, 0.25) is 11.8 Å². The summed E-state index contributed by atoms with van der Waals surface area (Å²) in [6.07, 6.45) is 0. The fraction of sp³-hybridized carbons (Fsp3) is 0.333. The summed E-state index contributed by atoms with van der Waals surface area (Å²) >= 11 is 6.00. The predicted molar refractivity (Wildman–Crippen MR) is 112 cm³/mol. The molecule has 2 amide bonds. The fourth-order valence-electron chi connectivity index (χ4n) is 2.71. The minimum absolute atomic E-state index is 0.126. The number of likely N-dealkylation sites (N-methyl/N-ethyl adjacent to an activating group) is 1. The molecular weight excluding hydrogens is 378 g/mol. The van der Waals surface area contributed by atoms with Crippen LogP contribution in [0.25, 0.3) is 0 Å². The number of methoxy groups -OCH3 is 1. The molecule has 150 valence electrons. The summed E-state index contributed by atoms with van der Waals surface area (Å²) in [5, 5.41) is 6.39. The lowest BCUT2D eigenvalue weighted by Gasteiger charge is -2.21. The summed E-state index contributed by atoms with van der Waals surface area (Å²) in [4.78, 5) is 26.4. The van der Waals surface area contributed by atoms with Crippen molar-refractivity contribution < 1.29 is 14.3 Å². The Morgan fingerprint density at radius 2 is 1.79 bits per heavy atom. The number of anilines is 1. The van der Waals surface area contributed by atoms with Crippen LogP contribution in [-0.4, -0.2) is 43.5 Å². The monoisotopic (exact) mass is 403 g/mol. The van der Waals surface area contributed by atoms with E-state index in [1.807, 2.05) is 32.0 Å². The standard InChI is InChI=1S/C21H26ClN3O3/c1-4-25(14-21(27)24-18-8-10-19(28-3)11-9-18)13-20(26)23-15(2)16-6-5-7-17(22)12-16/h5-12,15H,4,13-14H2,1-3H3,(H,23,26)(H,24,27)/t15-/m1/s1. The molecule has 0 aliphatic rings. The highest BCUT2D eigenvalue weighted by Crippen LogP contribution is 2.17. The number of benzene rings is 2. The van der Waals surface area contributed by atoms with Crippen molar-refractivity contribution in [2.24, 2.45) is 0 Å². The Labute approximate surface area is 170 Å². The smallest absolute Gasteiger partial charge is 0.238 e. The zero-order chi connectivity index (χ0) is 20.5. The van der Waals surface area contributed by atoms with E-state index < -0.39 is 0 Å². The minimum Gasteiger partial charge on any atom is -0.497 e. The molecular formula is C21H26ClN3O3. The molecule has 0 radical (unpaired) electrons. The van der Waals surface area contributed by atoms with Crippen molar-refractivity contribution in [1.82, 2.24) is 10.2 Å². The topological polar surface area (TPSA) is 70.7 Å². The summed E-state index contributed by atoms with van der Waals surface area (Å²) in [7, 11) is 1.59. The third-order valence-electron chi connectivity index (χ3n) is 4.28. The SMILES string of the molecule is CCN(CC(=O)Nc1ccc(OC)cc1)CC(=O)N[C@H](C)c1cccc(Cl)c1. The summed E-state index contributed by atoms with van der Waals surface area (Å²) in [5.74, 6) is 0.396. The van der Waals surface area contributed by atoms with E-state index in [2.05, 4.69) is 10.6 Å². The third kappa shape index (κ3) is 6.87. The number of rotatable bonds is 9. The van der Waals surface area contributed by atoms with Crippen LogP contribution in [0.4, 0.5) is 5.69 Å². The Balaban J connectivity index is 1.84. The van der Waals surface area contributed by atoms with E-state index in [-0.39, 0.29) is 30.9 Å². The summed E-state index contributed by atoms with van der Waals surface area (Å²) in [6, 6.07) is 14.3. The quantitative estimate of drug-likeness (QED) is 0.672. The second-order valence-electron chi connectivity index (χ2n) is 6.42. The molecule has 0 aromatic heterocycles. The van der Waals surface area contributed by atoms with Crippen molar-refractivity contribution in [1.29, 1.82) is 0 Å². The molecule has 2 rings (SSSR count). The van der Waals surface area contributed by atoms with Gasteiger partial charge < -0.3 is 15.4 Å². The lowest BCUT2D eigenvalue weighted by atomic mass is 10.1. The molecule has 6 nitrogen and oxygen atoms in total. The third-order valence-corrected chi connectivity index (χ3v) is 4.52. The van der Waals surface area contributed by atoms with Gasteiger partial charge in [0.05, 0.1) is 26.2 Å². The van der Waals surface area contributed by atoms with Crippen LogP contribution in [0.1, 0.15) is 25.5 Å². The van der Waals surface area contributed by atoms with Gasteiger partial charge in [0.15, 0.2) is 0 Å². The van der Waals surface area contributed by atoms with Gasteiger partial charge in [-0.3, -0.25) is 14.5 Å². The Kier molecular flexibility index (Phi) is 8.29. The van der Waals surface area contributed by atoms with Gasteiger partial charge >= 0.3 is 0 Å². The maximum Gasteiger partial charge on any atom is 0.238 e. The number of carbonyl (C=O) groups is 2. The number of carbonyl (C=O) groups excluding carboxylic acids is 2. The summed E-state index contributed by atoms with van der Waals surface area (Å²) < 4.78 is 5.10. The van der Waals surface area contributed by atoms with Crippen molar-refractivity contribution in [2.75, 3.05) is 32.1 Å². The molecule has 0 heterocycles.